The van der Waals surface area contributed by atoms with E-state index in [4.69, 9.17) is 11.6 Å². The van der Waals surface area contributed by atoms with Crippen molar-refractivity contribution in [1.29, 1.82) is 0 Å². The number of carbonyl (C=O) groups is 1. The third-order valence-electron chi connectivity index (χ3n) is 2.88. The maximum atomic E-state index is 13.2. The van der Waals surface area contributed by atoms with Gasteiger partial charge in [-0.3, -0.25) is 4.79 Å². The van der Waals surface area contributed by atoms with Crippen LogP contribution in [0.4, 0.5) is 4.39 Å². The summed E-state index contributed by atoms with van der Waals surface area (Å²) in [6.07, 6.45) is 0. The highest BCUT2D eigenvalue weighted by atomic mass is 127. The van der Waals surface area contributed by atoms with Crippen LogP contribution in [-0.4, -0.2) is 5.91 Å². The zero-order chi connectivity index (χ0) is 14.7. The average molecular weight is 404 g/mol. The van der Waals surface area contributed by atoms with Crippen LogP contribution < -0.4 is 5.32 Å². The van der Waals surface area contributed by atoms with Crippen LogP contribution in [0.5, 0.6) is 0 Å². The van der Waals surface area contributed by atoms with E-state index in [2.05, 4.69) is 27.9 Å². The zero-order valence-electron chi connectivity index (χ0n) is 10.7. The molecule has 20 heavy (non-hydrogen) atoms. The predicted molar refractivity (Wildman–Crippen MR) is 86.5 cm³/mol. The van der Waals surface area contributed by atoms with Crippen LogP contribution in [-0.2, 0) is 0 Å². The molecule has 2 aromatic rings. The monoisotopic (exact) mass is 403 g/mol. The van der Waals surface area contributed by atoms with Gasteiger partial charge in [0.15, 0.2) is 0 Å². The highest BCUT2D eigenvalue weighted by Gasteiger charge is 2.13. The number of hydrogen-bond donors (Lipinski definition) is 1. The summed E-state index contributed by atoms with van der Waals surface area (Å²) in [6, 6.07) is 11.0. The number of amides is 1. The Morgan fingerprint density at radius 3 is 2.70 bits per heavy atom. The second-order valence-electron chi connectivity index (χ2n) is 4.38. The molecule has 1 atom stereocenters. The second-order valence-corrected chi connectivity index (χ2v) is 5.95. The molecule has 1 amide bonds. The molecule has 0 bridgehead atoms. The third-order valence-corrected chi connectivity index (χ3v) is 4.45. The van der Waals surface area contributed by atoms with Gasteiger partial charge in [0.2, 0.25) is 0 Å². The minimum atomic E-state index is -0.319. The third kappa shape index (κ3) is 3.70. The van der Waals surface area contributed by atoms with Crippen molar-refractivity contribution in [3.63, 3.8) is 0 Å². The SMILES string of the molecule is CC(NC(=O)c1ccc(I)c(Cl)c1)c1cccc(F)c1. The first-order valence-electron chi connectivity index (χ1n) is 5.99. The lowest BCUT2D eigenvalue weighted by molar-refractivity contribution is 0.0940. The number of benzene rings is 2. The van der Waals surface area contributed by atoms with Crippen molar-refractivity contribution in [2.75, 3.05) is 0 Å². The molecule has 0 heterocycles. The summed E-state index contributed by atoms with van der Waals surface area (Å²) in [4.78, 5) is 12.1. The molecule has 0 saturated carbocycles. The molecule has 104 valence electrons. The summed E-state index contributed by atoms with van der Waals surface area (Å²) >= 11 is 8.09. The minimum Gasteiger partial charge on any atom is -0.346 e. The molecule has 1 unspecified atom stereocenters. The maximum Gasteiger partial charge on any atom is 0.251 e. The quantitative estimate of drug-likeness (QED) is 0.747. The molecule has 2 nitrogen and oxygen atoms in total. The van der Waals surface area contributed by atoms with Crippen molar-refractivity contribution in [2.24, 2.45) is 0 Å². The fraction of sp³-hybridized carbons (Fsp3) is 0.133. The van der Waals surface area contributed by atoms with E-state index in [9.17, 15) is 9.18 Å². The molecule has 0 spiro atoms. The Balaban J connectivity index is 2.13. The van der Waals surface area contributed by atoms with Gasteiger partial charge in [0, 0.05) is 9.13 Å². The first kappa shape index (κ1) is 15.3. The molecule has 0 radical (unpaired) electrons. The molecule has 0 fully saturated rings. The topological polar surface area (TPSA) is 29.1 Å². The summed E-state index contributed by atoms with van der Waals surface area (Å²) in [6.45, 7) is 1.81. The van der Waals surface area contributed by atoms with Crippen molar-refractivity contribution in [3.05, 3.63) is 68.0 Å². The standard InChI is InChI=1S/C15H12ClFINO/c1-9(10-3-2-4-12(17)7-10)19-15(20)11-5-6-14(18)13(16)8-11/h2-9H,1H3,(H,19,20). The van der Waals surface area contributed by atoms with Gasteiger partial charge in [0.1, 0.15) is 5.82 Å². The summed E-state index contributed by atoms with van der Waals surface area (Å²) < 4.78 is 14.0. The van der Waals surface area contributed by atoms with Gasteiger partial charge in [-0.2, -0.15) is 0 Å². The van der Waals surface area contributed by atoms with E-state index < -0.39 is 0 Å². The first-order chi connectivity index (χ1) is 9.47. The van der Waals surface area contributed by atoms with Gasteiger partial charge >= 0.3 is 0 Å². The van der Waals surface area contributed by atoms with Crippen molar-refractivity contribution < 1.29 is 9.18 Å². The van der Waals surface area contributed by atoms with E-state index in [-0.39, 0.29) is 17.8 Å². The lowest BCUT2D eigenvalue weighted by Crippen LogP contribution is -2.26. The fourth-order valence-corrected chi connectivity index (χ4v) is 2.29. The van der Waals surface area contributed by atoms with Gasteiger partial charge < -0.3 is 5.32 Å². The molecule has 0 aliphatic heterocycles. The lowest BCUT2D eigenvalue weighted by atomic mass is 10.1. The van der Waals surface area contributed by atoms with E-state index >= 15 is 0 Å². The number of halogens is 3. The molecule has 0 aliphatic rings. The Morgan fingerprint density at radius 1 is 1.30 bits per heavy atom. The first-order valence-corrected chi connectivity index (χ1v) is 7.44. The fourth-order valence-electron chi connectivity index (χ4n) is 1.78. The van der Waals surface area contributed by atoms with Crippen molar-refractivity contribution in [2.45, 2.75) is 13.0 Å². The van der Waals surface area contributed by atoms with Gasteiger partial charge in [-0.25, -0.2) is 4.39 Å². The van der Waals surface area contributed by atoms with E-state index in [0.29, 0.717) is 10.6 Å². The molecule has 0 aromatic heterocycles. The number of carbonyl (C=O) groups excluding carboxylic acids is 1. The summed E-state index contributed by atoms with van der Waals surface area (Å²) in [7, 11) is 0. The van der Waals surface area contributed by atoms with Crippen molar-refractivity contribution >= 4 is 40.1 Å². The van der Waals surface area contributed by atoms with Gasteiger partial charge in [-0.1, -0.05) is 23.7 Å². The Hall–Kier alpha value is -1.14. The average Bonchev–Trinajstić information content (AvgIpc) is 2.41. The van der Waals surface area contributed by atoms with Crippen LogP contribution in [0.15, 0.2) is 42.5 Å². The highest BCUT2D eigenvalue weighted by Crippen LogP contribution is 2.20. The van der Waals surface area contributed by atoms with Crippen LogP contribution in [0.1, 0.15) is 28.9 Å². The number of rotatable bonds is 3. The van der Waals surface area contributed by atoms with E-state index in [1.165, 1.54) is 12.1 Å². The largest absolute Gasteiger partial charge is 0.346 e. The molecule has 0 saturated heterocycles. The predicted octanol–water partition coefficient (Wildman–Crippen LogP) is 4.57. The van der Waals surface area contributed by atoms with Crippen molar-refractivity contribution in [3.8, 4) is 0 Å². The van der Waals surface area contributed by atoms with E-state index in [1.54, 1.807) is 37.3 Å². The molecular formula is C15H12ClFINO. The summed E-state index contributed by atoms with van der Waals surface area (Å²) in [5, 5.41) is 3.36. The number of nitrogens with one attached hydrogen (secondary N) is 1. The second kappa shape index (κ2) is 6.54. The smallest absolute Gasteiger partial charge is 0.251 e. The molecule has 0 aliphatic carbocycles. The van der Waals surface area contributed by atoms with E-state index in [0.717, 1.165) is 9.13 Å². The Labute approximate surface area is 135 Å². The molecule has 5 heteroatoms. The van der Waals surface area contributed by atoms with Crippen LogP contribution in [0.2, 0.25) is 5.02 Å². The molecule has 2 rings (SSSR count). The minimum absolute atomic E-state index is 0.236. The Bertz CT molecular complexity index is 648. The molecular weight excluding hydrogens is 392 g/mol. The number of hydrogen-bond acceptors (Lipinski definition) is 1. The van der Waals surface area contributed by atoms with Crippen LogP contribution in [0, 0.1) is 9.39 Å². The Morgan fingerprint density at radius 2 is 2.05 bits per heavy atom. The van der Waals surface area contributed by atoms with E-state index in [1.807, 2.05) is 0 Å². The molecule has 1 N–H and O–H groups in total. The zero-order valence-corrected chi connectivity index (χ0v) is 13.6. The Kier molecular flexibility index (Phi) is 4.99. The van der Waals surface area contributed by atoms with Crippen LogP contribution in [0.3, 0.4) is 0 Å². The van der Waals surface area contributed by atoms with Crippen LogP contribution >= 0.6 is 34.2 Å². The molecule has 2 aromatic carbocycles. The van der Waals surface area contributed by atoms with Crippen molar-refractivity contribution in [1.82, 2.24) is 5.32 Å². The lowest BCUT2D eigenvalue weighted by Gasteiger charge is -2.14. The van der Waals surface area contributed by atoms with Gasteiger partial charge in [-0.15, -0.1) is 0 Å². The van der Waals surface area contributed by atoms with Gasteiger partial charge in [0.05, 0.1) is 11.1 Å². The maximum absolute atomic E-state index is 13.2. The summed E-state index contributed by atoms with van der Waals surface area (Å²) in [5.41, 5.74) is 1.20. The van der Waals surface area contributed by atoms with Gasteiger partial charge in [0.25, 0.3) is 5.91 Å². The normalized spacial score (nSPS) is 12.0. The van der Waals surface area contributed by atoms with Crippen LogP contribution in [0.25, 0.3) is 0 Å². The van der Waals surface area contributed by atoms with Gasteiger partial charge in [-0.05, 0) is 65.4 Å². The highest BCUT2D eigenvalue weighted by molar-refractivity contribution is 14.1. The summed E-state index contributed by atoms with van der Waals surface area (Å²) in [5.74, 6) is -0.555.